The van der Waals surface area contributed by atoms with Crippen molar-refractivity contribution in [3.8, 4) is 0 Å². The fourth-order valence-corrected chi connectivity index (χ4v) is 0.843. The van der Waals surface area contributed by atoms with Crippen LogP contribution in [0.15, 0.2) is 0 Å². The zero-order chi connectivity index (χ0) is 10.6. The van der Waals surface area contributed by atoms with Crippen molar-refractivity contribution in [1.29, 1.82) is 0 Å². The van der Waals surface area contributed by atoms with Crippen LogP contribution in [0.25, 0.3) is 0 Å². The Labute approximate surface area is 85.8 Å². The zero-order valence-corrected chi connectivity index (χ0v) is 8.63. The summed E-state index contributed by atoms with van der Waals surface area (Å²) in [6.45, 7) is 2.77. The van der Waals surface area contributed by atoms with Crippen LogP contribution in [0.4, 0.5) is 0 Å². The number of carboxylic acids is 1. The second-order valence-corrected chi connectivity index (χ2v) is 3.08. The zero-order valence-electron chi connectivity index (χ0n) is 7.12. The lowest BCUT2D eigenvalue weighted by molar-refractivity contribution is -0.145. The molecule has 0 saturated heterocycles. The summed E-state index contributed by atoms with van der Waals surface area (Å²) in [5.41, 5.74) is 0. The molecule has 5 nitrogen and oxygen atoms in total. The Bertz CT molecular complexity index is 212. The molecule has 0 radical (unpaired) electrons. The molecule has 0 spiro atoms. The van der Waals surface area contributed by atoms with Crippen molar-refractivity contribution < 1.29 is 14.7 Å². The first-order valence-corrected chi connectivity index (χ1v) is 4.21. The second-order valence-electron chi connectivity index (χ2n) is 2.49. The van der Waals surface area contributed by atoms with Crippen molar-refractivity contribution in [3.63, 3.8) is 0 Å². The highest BCUT2D eigenvalue weighted by atomic mass is 35.5. The van der Waals surface area contributed by atoms with Crippen molar-refractivity contribution in [1.82, 2.24) is 9.25 Å². The highest BCUT2D eigenvalue weighted by Crippen LogP contribution is 2.06. The predicted molar refractivity (Wildman–Crippen MR) is 48.2 cm³/mol. The number of amides is 1. The maximum Gasteiger partial charge on any atom is 0.327 e. The predicted octanol–water partition coefficient (Wildman–Crippen LogP) is 0.574. The number of carboxylic acid groups (broad SMARTS) is 1. The molecular weight excluding hydrogens is 219 g/mol. The molecule has 0 aromatic heterocycles. The SMILES string of the molecule is CC(NCl)C(=O)N(Cl)C(C)C(=O)O. The van der Waals surface area contributed by atoms with E-state index in [-0.39, 0.29) is 0 Å². The lowest BCUT2D eigenvalue weighted by atomic mass is 10.3. The summed E-state index contributed by atoms with van der Waals surface area (Å²) in [7, 11) is 0. The van der Waals surface area contributed by atoms with Gasteiger partial charge in [-0.15, -0.1) is 0 Å². The molecule has 76 valence electrons. The molecule has 0 aliphatic rings. The number of hydrogen-bond acceptors (Lipinski definition) is 3. The Morgan fingerprint density at radius 1 is 1.46 bits per heavy atom. The van der Waals surface area contributed by atoms with Gasteiger partial charge in [0.2, 0.25) is 0 Å². The van der Waals surface area contributed by atoms with Crippen LogP contribution in [-0.2, 0) is 9.59 Å². The van der Waals surface area contributed by atoms with Gasteiger partial charge in [0.15, 0.2) is 0 Å². The minimum atomic E-state index is -1.18. The van der Waals surface area contributed by atoms with Crippen molar-refractivity contribution in [2.45, 2.75) is 25.9 Å². The average Bonchev–Trinajstić information content (AvgIpc) is 2.12. The molecule has 7 heteroatoms. The smallest absolute Gasteiger partial charge is 0.327 e. The molecule has 1 amide bonds. The van der Waals surface area contributed by atoms with Crippen LogP contribution in [0, 0.1) is 0 Å². The van der Waals surface area contributed by atoms with E-state index in [1.165, 1.54) is 13.8 Å². The molecule has 2 atom stereocenters. The number of hydrogen-bond donors (Lipinski definition) is 2. The van der Waals surface area contributed by atoms with E-state index in [0.29, 0.717) is 4.42 Å². The lowest BCUT2D eigenvalue weighted by Crippen LogP contribution is -2.44. The number of carbonyl (C=O) groups excluding carboxylic acids is 1. The number of nitrogens with zero attached hydrogens (tertiary/aromatic N) is 1. The number of carbonyl (C=O) groups is 2. The lowest BCUT2D eigenvalue weighted by Gasteiger charge is -2.20. The van der Waals surface area contributed by atoms with E-state index in [1.807, 2.05) is 0 Å². The Balaban J connectivity index is 4.33. The van der Waals surface area contributed by atoms with Gasteiger partial charge in [0.1, 0.15) is 6.04 Å². The third-order valence-electron chi connectivity index (χ3n) is 1.44. The first-order valence-electron chi connectivity index (χ1n) is 3.49. The first kappa shape index (κ1) is 12.5. The van der Waals surface area contributed by atoms with Crippen LogP contribution in [0.3, 0.4) is 0 Å². The second kappa shape index (κ2) is 5.26. The molecule has 0 saturated carbocycles. The molecule has 2 unspecified atom stereocenters. The standard InChI is InChI=1S/C6H10Cl2N2O3/c1-3(9-7)5(11)10(8)4(2)6(12)13/h3-4,9H,1-2H3,(H,12,13). The third-order valence-corrected chi connectivity index (χ3v) is 2.23. The number of aliphatic carboxylic acids is 1. The average molecular weight is 229 g/mol. The van der Waals surface area contributed by atoms with Crippen LogP contribution >= 0.6 is 23.6 Å². The van der Waals surface area contributed by atoms with E-state index in [4.69, 9.17) is 28.7 Å². The maximum absolute atomic E-state index is 11.2. The summed E-state index contributed by atoms with van der Waals surface area (Å²) in [6.07, 6.45) is 0. The summed E-state index contributed by atoms with van der Waals surface area (Å²) in [4.78, 5) is 23.8. The fraction of sp³-hybridized carbons (Fsp3) is 0.667. The van der Waals surface area contributed by atoms with Crippen LogP contribution in [-0.4, -0.2) is 33.5 Å². The molecule has 0 aromatic rings. The van der Waals surface area contributed by atoms with Crippen LogP contribution in [0.5, 0.6) is 0 Å². The van der Waals surface area contributed by atoms with Gasteiger partial charge >= 0.3 is 5.97 Å². The van der Waals surface area contributed by atoms with Gasteiger partial charge in [-0.2, -0.15) is 0 Å². The van der Waals surface area contributed by atoms with Gasteiger partial charge in [-0.05, 0) is 25.6 Å². The third kappa shape index (κ3) is 3.38. The van der Waals surface area contributed by atoms with E-state index in [1.54, 1.807) is 0 Å². The van der Waals surface area contributed by atoms with Gasteiger partial charge in [0.05, 0.1) is 6.04 Å². The van der Waals surface area contributed by atoms with E-state index in [9.17, 15) is 9.59 Å². The van der Waals surface area contributed by atoms with Gasteiger partial charge in [0, 0.05) is 11.8 Å². The summed E-state index contributed by atoms with van der Waals surface area (Å²) in [5.74, 6) is -1.77. The molecule has 0 rings (SSSR count). The molecule has 0 aromatic carbocycles. The van der Waals surface area contributed by atoms with Gasteiger partial charge in [-0.3, -0.25) is 4.79 Å². The quantitative estimate of drug-likeness (QED) is 0.691. The molecule has 2 N–H and O–H groups in total. The minimum Gasteiger partial charge on any atom is -0.480 e. The Morgan fingerprint density at radius 2 is 1.92 bits per heavy atom. The molecule has 0 heterocycles. The molecular formula is C6H10Cl2N2O3. The Hall–Kier alpha value is -0.520. The Kier molecular flexibility index (Phi) is 5.05. The van der Waals surface area contributed by atoms with Crippen LogP contribution < -0.4 is 4.84 Å². The summed E-state index contributed by atoms with van der Waals surface area (Å²) in [5, 5.41) is 8.52. The minimum absolute atomic E-state index is 0.591. The van der Waals surface area contributed by atoms with E-state index in [0.717, 1.165) is 0 Å². The van der Waals surface area contributed by atoms with Gasteiger partial charge in [-0.25, -0.2) is 14.0 Å². The van der Waals surface area contributed by atoms with Crippen molar-refractivity contribution in [2.24, 2.45) is 0 Å². The van der Waals surface area contributed by atoms with Crippen LogP contribution in [0.1, 0.15) is 13.8 Å². The highest BCUT2D eigenvalue weighted by molar-refractivity contribution is 6.24. The van der Waals surface area contributed by atoms with Crippen molar-refractivity contribution >= 4 is 35.4 Å². The summed E-state index contributed by atoms with van der Waals surface area (Å²) >= 11 is 10.6. The normalized spacial score (nSPS) is 14.8. The Morgan fingerprint density at radius 3 is 2.23 bits per heavy atom. The molecule has 0 bridgehead atoms. The largest absolute Gasteiger partial charge is 0.480 e. The number of halogens is 2. The fourth-order valence-electron chi connectivity index (χ4n) is 0.519. The molecule has 0 fully saturated rings. The summed E-state index contributed by atoms with van der Waals surface area (Å²) in [6, 6.07) is -1.80. The topological polar surface area (TPSA) is 69.6 Å². The van der Waals surface area contributed by atoms with Gasteiger partial charge < -0.3 is 5.11 Å². The van der Waals surface area contributed by atoms with Crippen molar-refractivity contribution in [3.05, 3.63) is 0 Å². The van der Waals surface area contributed by atoms with Crippen molar-refractivity contribution in [2.75, 3.05) is 0 Å². The van der Waals surface area contributed by atoms with E-state index in [2.05, 4.69) is 4.84 Å². The summed E-state index contributed by atoms with van der Waals surface area (Å²) < 4.78 is 0.600. The molecule has 0 aliphatic carbocycles. The van der Waals surface area contributed by atoms with Gasteiger partial charge in [-0.1, -0.05) is 0 Å². The van der Waals surface area contributed by atoms with E-state index < -0.39 is 24.0 Å². The number of rotatable bonds is 4. The molecule has 13 heavy (non-hydrogen) atoms. The maximum atomic E-state index is 11.2. The monoisotopic (exact) mass is 228 g/mol. The van der Waals surface area contributed by atoms with Gasteiger partial charge in [0.25, 0.3) is 5.91 Å². The number of nitrogens with one attached hydrogen (secondary N) is 1. The highest BCUT2D eigenvalue weighted by Gasteiger charge is 2.27. The van der Waals surface area contributed by atoms with Crippen LogP contribution in [0.2, 0.25) is 0 Å². The molecule has 0 aliphatic heterocycles. The first-order chi connectivity index (χ1) is 5.91. The van der Waals surface area contributed by atoms with E-state index >= 15 is 0 Å².